The number of carbonyl (C=O) groups is 1. The second kappa shape index (κ2) is 7.58. The van der Waals surface area contributed by atoms with Gasteiger partial charge in [0, 0.05) is 18.5 Å². The molecule has 1 aliphatic rings. The van der Waals surface area contributed by atoms with Crippen LogP contribution in [0.25, 0.3) is 0 Å². The molecule has 0 aliphatic carbocycles. The van der Waals surface area contributed by atoms with Crippen molar-refractivity contribution in [3.05, 3.63) is 46.2 Å². The fourth-order valence-corrected chi connectivity index (χ4v) is 5.45. The zero-order valence-corrected chi connectivity index (χ0v) is 15.9. The van der Waals surface area contributed by atoms with E-state index < -0.39 is 15.9 Å². The molecule has 0 atom stereocenters. The predicted molar refractivity (Wildman–Crippen MR) is 101 cm³/mol. The average Bonchev–Trinajstić information content (AvgIpc) is 3.14. The van der Waals surface area contributed by atoms with Crippen molar-refractivity contribution in [1.82, 2.24) is 4.31 Å². The van der Waals surface area contributed by atoms with Crippen molar-refractivity contribution in [2.45, 2.75) is 24.7 Å². The maximum absolute atomic E-state index is 12.7. The van der Waals surface area contributed by atoms with Gasteiger partial charge in [0.15, 0.2) is 0 Å². The zero-order chi connectivity index (χ0) is 18.7. The van der Waals surface area contributed by atoms with E-state index in [9.17, 15) is 13.2 Å². The number of carbonyl (C=O) groups excluding carboxylic acids is 1. The summed E-state index contributed by atoms with van der Waals surface area (Å²) >= 11 is 1.08. The van der Waals surface area contributed by atoms with E-state index in [2.05, 4.69) is 12.2 Å². The van der Waals surface area contributed by atoms with Gasteiger partial charge in [-0.3, -0.25) is 4.79 Å². The number of hydrogen-bond donors (Lipinski definition) is 1. The highest BCUT2D eigenvalue weighted by Gasteiger charge is 2.29. The van der Waals surface area contributed by atoms with Crippen LogP contribution in [0.1, 0.15) is 35.0 Å². The Hall–Kier alpha value is -2.21. The first-order valence-electron chi connectivity index (χ1n) is 8.31. The molecule has 1 aliphatic heterocycles. The van der Waals surface area contributed by atoms with Crippen LogP contribution in [0.2, 0.25) is 0 Å². The van der Waals surface area contributed by atoms with Crippen LogP contribution < -0.4 is 5.32 Å². The SMILES string of the molecule is CC1CCN(S(=O)(=O)c2csc(C(=O)Nc3ccccc3C#N)c2)CC1. The lowest BCUT2D eigenvalue weighted by molar-refractivity contribution is 0.103. The summed E-state index contributed by atoms with van der Waals surface area (Å²) in [5.74, 6) is 0.108. The van der Waals surface area contributed by atoms with E-state index in [0.29, 0.717) is 35.1 Å². The molecule has 0 bridgehead atoms. The Morgan fingerprint density at radius 2 is 2.00 bits per heavy atom. The standard InChI is InChI=1S/C18H19N3O3S2/c1-13-6-8-21(9-7-13)26(23,24)15-10-17(25-12-15)18(22)20-16-5-3-2-4-14(16)11-19/h2-5,10,12-13H,6-9H2,1H3,(H,20,22). The van der Waals surface area contributed by atoms with Crippen molar-refractivity contribution in [3.63, 3.8) is 0 Å². The molecule has 0 radical (unpaired) electrons. The van der Waals surface area contributed by atoms with Gasteiger partial charge >= 0.3 is 0 Å². The molecule has 1 fully saturated rings. The molecule has 1 amide bonds. The quantitative estimate of drug-likeness (QED) is 0.869. The van der Waals surface area contributed by atoms with E-state index in [1.165, 1.54) is 15.8 Å². The molecule has 6 nitrogen and oxygen atoms in total. The van der Waals surface area contributed by atoms with Crippen LogP contribution in [0.15, 0.2) is 40.6 Å². The maximum Gasteiger partial charge on any atom is 0.265 e. The fourth-order valence-electron chi connectivity index (χ4n) is 2.82. The van der Waals surface area contributed by atoms with Gasteiger partial charge in [0.25, 0.3) is 5.91 Å². The number of para-hydroxylation sites is 1. The van der Waals surface area contributed by atoms with Crippen molar-refractivity contribution in [3.8, 4) is 6.07 Å². The summed E-state index contributed by atoms with van der Waals surface area (Å²) < 4.78 is 27.0. The van der Waals surface area contributed by atoms with E-state index >= 15 is 0 Å². The lowest BCUT2D eigenvalue weighted by Gasteiger charge is -2.29. The normalized spacial score (nSPS) is 16.2. The van der Waals surface area contributed by atoms with E-state index in [0.717, 1.165) is 24.2 Å². The van der Waals surface area contributed by atoms with Crippen molar-refractivity contribution in [2.24, 2.45) is 5.92 Å². The Morgan fingerprint density at radius 1 is 1.31 bits per heavy atom. The molecule has 3 rings (SSSR count). The lowest BCUT2D eigenvalue weighted by atomic mass is 10.0. The molecule has 1 aromatic carbocycles. The third-order valence-corrected chi connectivity index (χ3v) is 7.43. The highest BCUT2D eigenvalue weighted by Crippen LogP contribution is 2.27. The number of thiophene rings is 1. The number of sulfonamides is 1. The Kier molecular flexibility index (Phi) is 5.41. The summed E-state index contributed by atoms with van der Waals surface area (Å²) in [6, 6.07) is 10.1. The highest BCUT2D eigenvalue weighted by molar-refractivity contribution is 7.89. The first-order chi connectivity index (χ1) is 12.4. The number of hydrogen-bond acceptors (Lipinski definition) is 5. The third kappa shape index (κ3) is 3.80. The monoisotopic (exact) mass is 389 g/mol. The zero-order valence-electron chi connectivity index (χ0n) is 14.3. The largest absolute Gasteiger partial charge is 0.320 e. The highest BCUT2D eigenvalue weighted by atomic mass is 32.2. The summed E-state index contributed by atoms with van der Waals surface area (Å²) in [7, 11) is -3.57. The van der Waals surface area contributed by atoms with Crippen LogP contribution in [0.3, 0.4) is 0 Å². The van der Waals surface area contributed by atoms with E-state index in [1.807, 2.05) is 6.07 Å². The van der Waals surface area contributed by atoms with Gasteiger partial charge in [-0.1, -0.05) is 19.1 Å². The summed E-state index contributed by atoms with van der Waals surface area (Å²) in [6.45, 7) is 3.14. The fraction of sp³-hybridized carbons (Fsp3) is 0.333. The van der Waals surface area contributed by atoms with Gasteiger partial charge in [-0.05, 0) is 37.0 Å². The molecule has 2 aromatic rings. The molecule has 136 valence electrons. The minimum absolute atomic E-state index is 0.149. The van der Waals surface area contributed by atoms with Crippen molar-refractivity contribution >= 4 is 33.0 Å². The van der Waals surface area contributed by atoms with Gasteiger partial charge in [-0.15, -0.1) is 11.3 Å². The molecular weight excluding hydrogens is 370 g/mol. The van der Waals surface area contributed by atoms with Crippen LogP contribution in [0.5, 0.6) is 0 Å². The Labute approximate surface area is 157 Å². The molecule has 26 heavy (non-hydrogen) atoms. The van der Waals surface area contributed by atoms with E-state index in [4.69, 9.17) is 5.26 Å². The van der Waals surface area contributed by atoms with Crippen LogP contribution in [-0.2, 0) is 10.0 Å². The number of anilines is 1. The van der Waals surface area contributed by atoms with Gasteiger partial charge in [-0.25, -0.2) is 8.42 Å². The van der Waals surface area contributed by atoms with Crippen LogP contribution in [0, 0.1) is 17.2 Å². The average molecular weight is 390 g/mol. The molecular formula is C18H19N3O3S2. The minimum atomic E-state index is -3.57. The Morgan fingerprint density at radius 3 is 2.69 bits per heavy atom. The number of nitrogens with one attached hydrogen (secondary N) is 1. The lowest BCUT2D eigenvalue weighted by Crippen LogP contribution is -2.37. The second-order valence-electron chi connectivity index (χ2n) is 6.34. The first-order valence-corrected chi connectivity index (χ1v) is 10.6. The molecule has 8 heteroatoms. The smallest absolute Gasteiger partial charge is 0.265 e. The third-order valence-electron chi connectivity index (χ3n) is 4.48. The number of nitriles is 1. The van der Waals surface area contributed by atoms with Gasteiger partial charge in [0.05, 0.1) is 21.0 Å². The molecule has 1 N–H and O–H groups in total. The van der Waals surface area contributed by atoms with Crippen molar-refractivity contribution in [1.29, 1.82) is 5.26 Å². The molecule has 0 unspecified atom stereocenters. The number of rotatable bonds is 4. The first kappa shape index (κ1) is 18.6. The Balaban J connectivity index is 1.77. The van der Waals surface area contributed by atoms with E-state index in [1.54, 1.807) is 24.3 Å². The van der Waals surface area contributed by atoms with Crippen molar-refractivity contribution < 1.29 is 13.2 Å². The van der Waals surface area contributed by atoms with Gasteiger partial charge in [-0.2, -0.15) is 9.57 Å². The number of piperidine rings is 1. The topological polar surface area (TPSA) is 90.3 Å². The molecule has 1 saturated heterocycles. The van der Waals surface area contributed by atoms with Crippen molar-refractivity contribution in [2.75, 3.05) is 18.4 Å². The van der Waals surface area contributed by atoms with E-state index in [-0.39, 0.29) is 4.90 Å². The van der Waals surface area contributed by atoms with Gasteiger partial charge < -0.3 is 5.32 Å². The summed E-state index contributed by atoms with van der Waals surface area (Å²) in [6.07, 6.45) is 1.70. The predicted octanol–water partition coefficient (Wildman–Crippen LogP) is 3.29. The molecule has 0 spiro atoms. The minimum Gasteiger partial charge on any atom is -0.320 e. The second-order valence-corrected chi connectivity index (χ2v) is 9.19. The maximum atomic E-state index is 12.7. The number of nitrogens with zero attached hydrogens (tertiary/aromatic N) is 2. The summed E-state index contributed by atoms with van der Waals surface area (Å²) in [5.41, 5.74) is 0.760. The van der Waals surface area contributed by atoms with Crippen LogP contribution in [-0.4, -0.2) is 31.7 Å². The Bertz CT molecular complexity index is 952. The van der Waals surface area contributed by atoms with Crippen LogP contribution in [0.4, 0.5) is 5.69 Å². The summed E-state index contributed by atoms with van der Waals surface area (Å²) in [5, 5.41) is 13.3. The number of amides is 1. The molecule has 0 saturated carbocycles. The number of benzene rings is 1. The van der Waals surface area contributed by atoms with Gasteiger partial charge in [0.1, 0.15) is 6.07 Å². The van der Waals surface area contributed by atoms with Crippen LogP contribution >= 0.6 is 11.3 Å². The molecule has 1 aromatic heterocycles. The summed E-state index contributed by atoms with van der Waals surface area (Å²) in [4.78, 5) is 12.9. The molecule has 2 heterocycles. The van der Waals surface area contributed by atoms with Gasteiger partial charge in [0.2, 0.25) is 10.0 Å².